The van der Waals surface area contributed by atoms with Crippen molar-refractivity contribution in [3.8, 4) is 17.0 Å². The number of aryl methyl sites for hydroxylation is 1. The minimum absolute atomic E-state index is 0.146. The second-order valence-electron chi connectivity index (χ2n) is 5.98. The van der Waals surface area contributed by atoms with Gasteiger partial charge < -0.3 is 10.1 Å². The van der Waals surface area contributed by atoms with Gasteiger partial charge in [0.25, 0.3) is 5.91 Å². The molecule has 2 aromatic carbocycles. The van der Waals surface area contributed by atoms with Gasteiger partial charge >= 0.3 is 0 Å². The Morgan fingerprint density at radius 1 is 1.16 bits per heavy atom. The van der Waals surface area contributed by atoms with Gasteiger partial charge in [0, 0.05) is 23.9 Å². The maximum Gasteiger partial charge on any atom is 0.265 e. The summed E-state index contributed by atoms with van der Waals surface area (Å²) in [7, 11) is 0. The van der Waals surface area contributed by atoms with Crippen molar-refractivity contribution < 1.29 is 9.53 Å². The molecule has 0 fully saturated rings. The zero-order valence-electron chi connectivity index (χ0n) is 13.8. The first-order valence-electron chi connectivity index (χ1n) is 8.14. The van der Waals surface area contributed by atoms with E-state index in [2.05, 4.69) is 15.3 Å². The summed E-state index contributed by atoms with van der Waals surface area (Å²) in [4.78, 5) is 21.1. The van der Waals surface area contributed by atoms with Gasteiger partial charge in [-0.25, -0.2) is 9.97 Å². The quantitative estimate of drug-likeness (QED) is 0.799. The number of carbonyl (C=O) groups is 1. The van der Waals surface area contributed by atoms with E-state index < -0.39 is 6.10 Å². The Balaban J connectivity index is 1.50. The Kier molecular flexibility index (Phi) is 3.90. The van der Waals surface area contributed by atoms with Crippen molar-refractivity contribution in [1.82, 2.24) is 9.97 Å². The van der Waals surface area contributed by atoms with Crippen molar-refractivity contribution in [2.75, 3.05) is 5.32 Å². The summed E-state index contributed by atoms with van der Waals surface area (Å²) in [6.45, 7) is 1.85. The molecule has 1 amide bonds. The fraction of sp³-hybridized carbons (Fsp3) is 0.150. The monoisotopic (exact) mass is 331 g/mol. The number of carbonyl (C=O) groups excluding carboxylic acids is 1. The molecule has 3 aromatic rings. The molecule has 1 aliphatic rings. The Hall–Kier alpha value is -3.21. The van der Waals surface area contributed by atoms with Gasteiger partial charge in [0.05, 0.1) is 5.69 Å². The number of para-hydroxylation sites is 1. The van der Waals surface area contributed by atoms with Crippen LogP contribution in [0.1, 0.15) is 11.4 Å². The number of anilines is 1. The van der Waals surface area contributed by atoms with Gasteiger partial charge in [-0.3, -0.25) is 4.79 Å². The molecule has 0 bridgehead atoms. The van der Waals surface area contributed by atoms with E-state index in [1.54, 1.807) is 6.20 Å². The zero-order chi connectivity index (χ0) is 17.2. The summed E-state index contributed by atoms with van der Waals surface area (Å²) in [5.41, 5.74) is 3.54. The predicted molar refractivity (Wildman–Crippen MR) is 95.4 cm³/mol. The van der Waals surface area contributed by atoms with Gasteiger partial charge in [-0.15, -0.1) is 0 Å². The fourth-order valence-electron chi connectivity index (χ4n) is 2.92. The summed E-state index contributed by atoms with van der Waals surface area (Å²) in [5.74, 6) is 1.35. The van der Waals surface area contributed by atoms with Crippen LogP contribution in [0, 0.1) is 6.92 Å². The molecule has 0 aliphatic carbocycles. The van der Waals surface area contributed by atoms with E-state index in [4.69, 9.17) is 4.74 Å². The topological polar surface area (TPSA) is 64.1 Å². The van der Waals surface area contributed by atoms with Crippen molar-refractivity contribution in [2.45, 2.75) is 19.4 Å². The molecule has 1 N–H and O–H groups in total. The third-order valence-electron chi connectivity index (χ3n) is 4.14. The highest BCUT2D eigenvalue weighted by molar-refractivity contribution is 5.95. The molecule has 2 heterocycles. The van der Waals surface area contributed by atoms with E-state index in [1.165, 1.54) is 0 Å². The third-order valence-corrected chi connectivity index (χ3v) is 4.14. The lowest BCUT2D eigenvalue weighted by atomic mass is 10.1. The van der Waals surface area contributed by atoms with Crippen LogP contribution in [-0.4, -0.2) is 22.0 Å². The average molecular weight is 331 g/mol. The Morgan fingerprint density at radius 2 is 2.04 bits per heavy atom. The number of hydrogen-bond acceptors (Lipinski definition) is 4. The Bertz CT molecular complexity index is 914. The van der Waals surface area contributed by atoms with Gasteiger partial charge in [0.15, 0.2) is 6.10 Å². The maximum absolute atomic E-state index is 12.5. The van der Waals surface area contributed by atoms with Crippen molar-refractivity contribution in [3.63, 3.8) is 0 Å². The van der Waals surface area contributed by atoms with Crippen molar-refractivity contribution >= 4 is 11.6 Å². The molecule has 0 saturated carbocycles. The molecule has 5 heteroatoms. The number of fused-ring (bicyclic) bond motifs is 1. The minimum Gasteiger partial charge on any atom is -0.480 e. The molecule has 25 heavy (non-hydrogen) atoms. The van der Waals surface area contributed by atoms with E-state index in [-0.39, 0.29) is 5.91 Å². The summed E-state index contributed by atoms with van der Waals surface area (Å²) in [5, 5.41) is 2.94. The second kappa shape index (κ2) is 6.36. The summed E-state index contributed by atoms with van der Waals surface area (Å²) < 4.78 is 5.74. The predicted octanol–water partition coefficient (Wildman–Crippen LogP) is 3.39. The van der Waals surface area contributed by atoms with Crippen molar-refractivity contribution in [1.29, 1.82) is 0 Å². The number of hydrogen-bond donors (Lipinski definition) is 1. The molecule has 5 nitrogen and oxygen atoms in total. The van der Waals surface area contributed by atoms with E-state index >= 15 is 0 Å². The van der Waals surface area contributed by atoms with Crippen molar-refractivity contribution in [2.24, 2.45) is 0 Å². The minimum atomic E-state index is -0.498. The molecular weight excluding hydrogens is 314 g/mol. The molecule has 1 aliphatic heterocycles. The smallest absolute Gasteiger partial charge is 0.265 e. The number of aromatic nitrogens is 2. The first-order chi connectivity index (χ1) is 12.2. The SMILES string of the molecule is Cc1nccc(-c2cccc(NC(=O)[C@@H]3Cc4ccccc4O3)c2)n1. The van der Waals surface area contributed by atoms with Gasteiger partial charge in [0.1, 0.15) is 11.6 Å². The van der Waals surface area contributed by atoms with E-state index in [1.807, 2.05) is 61.5 Å². The van der Waals surface area contributed by atoms with Crippen LogP contribution in [-0.2, 0) is 11.2 Å². The molecule has 1 aromatic heterocycles. The van der Waals surface area contributed by atoms with Crippen LogP contribution in [0.5, 0.6) is 5.75 Å². The van der Waals surface area contributed by atoms with Crippen LogP contribution in [0.3, 0.4) is 0 Å². The molecule has 0 radical (unpaired) electrons. The first kappa shape index (κ1) is 15.3. The lowest BCUT2D eigenvalue weighted by Gasteiger charge is -2.12. The number of benzene rings is 2. The van der Waals surface area contributed by atoms with Crippen LogP contribution >= 0.6 is 0 Å². The summed E-state index contributed by atoms with van der Waals surface area (Å²) >= 11 is 0. The van der Waals surface area contributed by atoms with Gasteiger partial charge in [-0.05, 0) is 36.8 Å². The molecule has 0 unspecified atom stereocenters. The maximum atomic E-state index is 12.5. The van der Waals surface area contributed by atoms with Crippen LogP contribution in [0.25, 0.3) is 11.3 Å². The Morgan fingerprint density at radius 3 is 2.88 bits per heavy atom. The van der Waals surface area contributed by atoms with Crippen LogP contribution in [0.4, 0.5) is 5.69 Å². The largest absolute Gasteiger partial charge is 0.480 e. The number of ether oxygens (including phenoxy) is 1. The second-order valence-corrected chi connectivity index (χ2v) is 5.98. The van der Waals surface area contributed by atoms with Crippen molar-refractivity contribution in [3.05, 3.63) is 72.2 Å². The molecule has 0 saturated heterocycles. The summed E-state index contributed by atoms with van der Waals surface area (Å²) in [6, 6.07) is 17.2. The molecule has 4 rings (SSSR count). The standard InChI is InChI=1S/C20H17N3O2/c1-13-21-10-9-17(22-13)14-6-4-7-16(11-14)23-20(24)19-12-15-5-2-3-8-18(15)25-19/h2-11,19H,12H2,1H3,(H,23,24)/t19-/m0/s1. The molecular formula is C20H17N3O2. The summed E-state index contributed by atoms with van der Waals surface area (Å²) in [6.07, 6.45) is 1.82. The fourth-order valence-corrected chi connectivity index (χ4v) is 2.92. The third kappa shape index (κ3) is 3.21. The highest BCUT2D eigenvalue weighted by Gasteiger charge is 2.28. The van der Waals surface area contributed by atoms with Crippen LogP contribution in [0.15, 0.2) is 60.8 Å². The number of rotatable bonds is 3. The number of nitrogens with zero attached hydrogens (tertiary/aromatic N) is 2. The van der Waals surface area contributed by atoms with E-state index in [0.717, 1.165) is 28.3 Å². The number of amides is 1. The lowest BCUT2D eigenvalue weighted by Crippen LogP contribution is -2.31. The molecule has 124 valence electrons. The van der Waals surface area contributed by atoms with E-state index in [0.29, 0.717) is 12.2 Å². The van der Waals surface area contributed by atoms with Crippen LogP contribution in [0.2, 0.25) is 0 Å². The highest BCUT2D eigenvalue weighted by Crippen LogP contribution is 2.29. The van der Waals surface area contributed by atoms with Gasteiger partial charge in [-0.2, -0.15) is 0 Å². The molecule has 0 spiro atoms. The normalized spacial score (nSPS) is 15.3. The van der Waals surface area contributed by atoms with E-state index in [9.17, 15) is 4.79 Å². The number of nitrogens with one attached hydrogen (secondary N) is 1. The Labute approximate surface area is 145 Å². The van der Waals surface area contributed by atoms with Crippen LogP contribution < -0.4 is 10.1 Å². The lowest BCUT2D eigenvalue weighted by molar-refractivity contribution is -0.122. The van der Waals surface area contributed by atoms with Gasteiger partial charge in [-0.1, -0.05) is 30.3 Å². The first-order valence-corrected chi connectivity index (χ1v) is 8.14. The van der Waals surface area contributed by atoms with Gasteiger partial charge in [0.2, 0.25) is 0 Å². The molecule has 1 atom stereocenters. The highest BCUT2D eigenvalue weighted by atomic mass is 16.5. The average Bonchev–Trinajstić information content (AvgIpc) is 3.06. The zero-order valence-corrected chi connectivity index (χ0v) is 13.8.